The summed E-state index contributed by atoms with van der Waals surface area (Å²) in [5.74, 6) is 0.785. The van der Waals surface area contributed by atoms with E-state index in [9.17, 15) is 10.1 Å². The number of nitro groups is 1. The first-order chi connectivity index (χ1) is 13.6. The summed E-state index contributed by atoms with van der Waals surface area (Å²) >= 11 is 1.63. The van der Waals surface area contributed by atoms with E-state index in [0.29, 0.717) is 11.7 Å². The first-order valence-electron chi connectivity index (χ1n) is 9.24. The number of thiazole rings is 1. The van der Waals surface area contributed by atoms with Crippen molar-refractivity contribution < 1.29 is 4.92 Å². The third-order valence-electron chi connectivity index (χ3n) is 4.87. The van der Waals surface area contributed by atoms with Gasteiger partial charge in [0.1, 0.15) is 5.82 Å². The summed E-state index contributed by atoms with van der Waals surface area (Å²) in [5, 5.41) is 18.0. The van der Waals surface area contributed by atoms with E-state index in [1.165, 1.54) is 0 Å². The highest BCUT2D eigenvalue weighted by Gasteiger charge is 2.24. The molecule has 0 radical (unpaired) electrons. The molecule has 1 fully saturated rings. The molecule has 0 saturated carbocycles. The molecule has 144 valence electrons. The Kier molecular flexibility index (Phi) is 5.21. The van der Waals surface area contributed by atoms with Gasteiger partial charge in [0.05, 0.1) is 10.6 Å². The van der Waals surface area contributed by atoms with Gasteiger partial charge >= 0.3 is 0 Å². The maximum absolute atomic E-state index is 11.4. The van der Waals surface area contributed by atoms with Crippen molar-refractivity contribution in [1.82, 2.24) is 9.97 Å². The molecule has 7 nitrogen and oxygen atoms in total. The van der Waals surface area contributed by atoms with Gasteiger partial charge in [-0.05, 0) is 25.8 Å². The van der Waals surface area contributed by atoms with Gasteiger partial charge in [-0.15, -0.1) is 11.3 Å². The van der Waals surface area contributed by atoms with Crippen molar-refractivity contribution in [2.75, 3.05) is 23.3 Å². The number of hydrogen-bond acceptors (Lipinski definition) is 7. The van der Waals surface area contributed by atoms with Crippen LogP contribution in [0.4, 0.5) is 16.6 Å². The Morgan fingerprint density at radius 3 is 2.54 bits per heavy atom. The fourth-order valence-corrected chi connectivity index (χ4v) is 4.19. The summed E-state index contributed by atoms with van der Waals surface area (Å²) < 4.78 is 0. The van der Waals surface area contributed by atoms with E-state index < -0.39 is 0 Å². The van der Waals surface area contributed by atoms with Gasteiger partial charge in [0.15, 0.2) is 10.8 Å². The van der Waals surface area contributed by atoms with Gasteiger partial charge in [0.25, 0.3) is 5.69 Å². The predicted octanol–water partition coefficient (Wildman–Crippen LogP) is 4.50. The number of pyridine rings is 1. The molecule has 2 aromatic heterocycles. The normalized spacial score (nSPS) is 14.8. The molecule has 1 N–H and O–H groups in total. The molecule has 1 aliphatic rings. The van der Waals surface area contributed by atoms with Crippen LogP contribution in [0.15, 0.2) is 47.8 Å². The number of nitrogens with zero attached hydrogens (tertiary/aromatic N) is 4. The van der Waals surface area contributed by atoms with Crippen molar-refractivity contribution in [3.8, 4) is 11.3 Å². The molecule has 0 aliphatic carbocycles. The van der Waals surface area contributed by atoms with Crippen molar-refractivity contribution in [2.45, 2.75) is 25.8 Å². The number of anilines is 2. The quantitative estimate of drug-likeness (QED) is 0.506. The third-order valence-corrected chi connectivity index (χ3v) is 5.76. The summed E-state index contributed by atoms with van der Waals surface area (Å²) in [6.07, 6.45) is 1.94. The zero-order valence-electron chi connectivity index (χ0n) is 15.5. The fourth-order valence-electron chi connectivity index (χ4n) is 3.42. The number of aryl methyl sites for hydroxylation is 1. The fraction of sp³-hybridized carbons (Fsp3) is 0.300. The highest BCUT2D eigenvalue weighted by molar-refractivity contribution is 7.13. The average molecular weight is 395 g/mol. The first-order valence-corrected chi connectivity index (χ1v) is 10.1. The average Bonchev–Trinajstić information content (AvgIpc) is 3.13. The molecule has 3 aromatic rings. The van der Waals surface area contributed by atoms with E-state index >= 15 is 0 Å². The van der Waals surface area contributed by atoms with Crippen LogP contribution < -0.4 is 10.2 Å². The van der Waals surface area contributed by atoms with Gasteiger partial charge in [0.2, 0.25) is 0 Å². The van der Waals surface area contributed by atoms with Crippen molar-refractivity contribution in [3.63, 3.8) is 0 Å². The number of benzene rings is 1. The van der Waals surface area contributed by atoms with E-state index in [4.69, 9.17) is 0 Å². The largest absolute Gasteiger partial charge is 0.359 e. The minimum Gasteiger partial charge on any atom is -0.359 e. The summed E-state index contributed by atoms with van der Waals surface area (Å²) in [4.78, 5) is 22.4. The Labute approximate surface area is 167 Å². The maximum Gasteiger partial charge on any atom is 0.295 e. The standard InChI is InChI=1S/C20H21N5O2S/c1-14-13-28-20(21-14)22-16-9-11-24(12-10-16)18-8-7-17(25(26)27)19(23-18)15-5-3-2-4-6-15/h2-8,13,16H,9-12H2,1H3,(H,21,22). The molecule has 4 rings (SSSR count). The Morgan fingerprint density at radius 1 is 1.14 bits per heavy atom. The van der Waals surface area contributed by atoms with E-state index in [1.54, 1.807) is 23.5 Å². The van der Waals surface area contributed by atoms with Crippen LogP contribution >= 0.6 is 11.3 Å². The maximum atomic E-state index is 11.4. The van der Waals surface area contributed by atoms with Crippen molar-refractivity contribution in [2.24, 2.45) is 0 Å². The van der Waals surface area contributed by atoms with Crippen LogP contribution in [0.2, 0.25) is 0 Å². The third kappa shape index (κ3) is 3.96. The van der Waals surface area contributed by atoms with Gasteiger partial charge in [-0.25, -0.2) is 9.97 Å². The van der Waals surface area contributed by atoms with Crippen LogP contribution in [0.25, 0.3) is 11.3 Å². The lowest BCUT2D eigenvalue weighted by Gasteiger charge is -2.33. The highest BCUT2D eigenvalue weighted by Crippen LogP contribution is 2.31. The van der Waals surface area contributed by atoms with Gasteiger partial charge in [-0.2, -0.15) is 0 Å². The number of piperidine rings is 1. The number of aromatic nitrogens is 2. The Hall–Kier alpha value is -3.00. The number of hydrogen-bond donors (Lipinski definition) is 1. The monoisotopic (exact) mass is 395 g/mol. The topological polar surface area (TPSA) is 84.2 Å². The summed E-state index contributed by atoms with van der Waals surface area (Å²) in [6, 6.07) is 13.0. The van der Waals surface area contributed by atoms with Crippen LogP contribution in [-0.2, 0) is 0 Å². The Balaban J connectivity index is 1.50. The SMILES string of the molecule is Cc1csc(NC2CCN(c3ccc([N+](=O)[O-])c(-c4ccccc4)n3)CC2)n1. The molecule has 0 unspecified atom stereocenters. The van der Waals surface area contributed by atoms with Crippen molar-refractivity contribution in [1.29, 1.82) is 0 Å². The molecular formula is C20H21N5O2S. The molecule has 0 amide bonds. The minimum absolute atomic E-state index is 0.0330. The lowest BCUT2D eigenvalue weighted by Crippen LogP contribution is -2.39. The Bertz CT molecular complexity index is 968. The van der Waals surface area contributed by atoms with Gasteiger partial charge < -0.3 is 10.2 Å². The molecule has 0 atom stereocenters. The van der Waals surface area contributed by atoms with E-state index in [0.717, 1.165) is 48.1 Å². The van der Waals surface area contributed by atoms with Crippen LogP contribution in [0, 0.1) is 17.0 Å². The molecule has 3 heterocycles. The molecule has 28 heavy (non-hydrogen) atoms. The number of rotatable bonds is 5. The van der Waals surface area contributed by atoms with Gasteiger partial charge in [0, 0.05) is 36.1 Å². The molecule has 1 aliphatic heterocycles. The second-order valence-corrected chi connectivity index (χ2v) is 7.72. The smallest absolute Gasteiger partial charge is 0.295 e. The van der Waals surface area contributed by atoms with Crippen molar-refractivity contribution >= 4 is 28.0 Å². The van der Waals surface area contributed by atoms with E-state index in [2.05, 4.69) is 20.2 Å². The molecule has 0 bridgehead atoms. The zero-order chi connectivity index (χ0) is 19.5. The second-order valence-electron chi connectivity index (χ2n) is 6.86. The molecular weight excluding hydrogens is 374 g/mol. The minimum atomic E-state index is -0.370. The van der Waals surface area contributed by atoms with Crippen molar-refractivity contribution in [3.05, 3.63) is 63.7 Å². The lowest BCUT2D eigenvalue weighted by molar-refractivity contribution is -0.384. The van der Waals surface area contributed by atoms with Crippen LogP contribution in [0.1, 0.15) is 18.5 Å². The summed E-state index contributed by atoms with van der Waals surface area (Å²) in [7, 11) is 0. The zero-order valence-corrected chi connectivity index (χ0v) is 16.4. The van der Waals surface area contributed by atoms with E-state index in [1.807, 2.05) is 42.6 Å². The Morgan fingerprint density at radius 2 is 1.89 bits per heavy atom. The van der Waals surface area contributed by atoms with Crippen LogP contribution in [-0.4, -0.2) is 34.0 Å². The molecule has 1 aromatic carbocycles. The van der Waals surface area contributed by atoms with Crippen LogP contribution in [0.5, 0.6) is 0 Å². The second kappa shape index (κ2) is 7.93. The first kappa shape index (κ1) is 18.4. The lowest BCUT2D eigenvalue weighted by atomic mass is 10.0. The van der Waals surface area contributed by atoms with Gasteiger partial charge in [-0.1, -0.05) is 30.3 Å². The van der Waals surface area contributed by atoms with E-state index in [-0.39, 0.29) is 10.6 Å². The summed E-state index contributed by atoms with van der Waals surface area (Å²) in [6.45, 7) is 3.69. The molecule has 8 heteroatoms. The van der Waals surface area contributed by atoms with Gasteiger partial charge in [-0.3, -0.25) is 10.1 Å². The summed E-state index contributed by atoms with van der Waals surface area (Å²) in [5.41, 5.74) is 2.24. The van der Waals surface area contributed by atoms with Crippen LogP contribution in [0.3, 0.4) is 0 Å². The highest BCUT2D eigenvalue weighted by atomic mass is 32.1. The predicted molar refractivity (Wildman–Crippen MR) is 112 cm³/mol. The number of nitrogens with one attached hydrogen (secondary N) is 1. The molecule has 1 saturated heterocycles. The molecule has 0 spiro atoms.